The largest absolute Gasteiger partial charge is 0.256 e. The van der Waals surface area contributed by atoms with E-state index in [1.54, 1.807) is 5.56 Å². The number of benzene rings is 5. The Morgan fingerprint density at radius 1 is 0.440 bits per heavy atom. The summed E-state index contributed by atoms with van der Waals surface area (Å²) < 4.78 is 0. The topological polar surface area (TPSA) is 12.9 Å². The lowest BCUT2D eigenvalue weighted by atomic mass is 9.70. The van der Waals surface area contributed by atoms with Gasteiger partial charge in [-0.05, 0) is 87.5 Å². The average molecular weight is 654 g/mol. The molecule has 50 heavy (non-hydrogen) atoms. The number of fused-ring (bicyclic) bond motifs is 3. The fraction of sp³-hybridized carbons (Fsp3) is 0.286. The van der Waals surface area contributed by atoms with Crippen LogP contribution in [-0.4, -0.2) is 4.98 Å². The fourth-order valence-corrected chi connectivity index (χ4v) is 8.29. The van der Waals surface area contributed by atoms with Crippen molar-refractivity contribution in [1.29, 1.82) is 0 Å². The first-order valence-corrected chi connectivity index (χ1v) is 19.1. The number of unbranched alkanes of at least 4 members (excludes halogenated alkanes) is 6. The van der Waals surface area contributed by atoms with Crippen molar-refractivity contribution in [2.75, 3.05) is 0 Å². The van der Waals surface area contributed by atoms with Crippen molar-refractivity contribution in [2.45, 2.75) is 89.9 Å². The minimum atomic E-state index is 0.0855. The molecule has 0 unspecified atom stereocenters. The van der Waals surface area contributed by atoms with Crippen LogP contribution in [0.15, 0.2) is 140 Å². The Bertz CT molecular complexity index is 1990. The molecule has 0 radical (unpaired) electrons. The van der Waals surface area contributed by atoms with Crippen LogP contribution in [0.4, 0.5) is 0 Å². The molecule has 0 saturated carbocycles. The molecular weight excluding hydrogens is 603 g/mol. The van der Waals surface area contributed by atoms with E-state index >= 15 is 0 Å². The summed E-state index contributed by atoms with van der Waals surface area (Å²) in [4.78, 5) is 5.08. The summed E-state index contributed by atoms with van der Waals surface area (Å²) >= 11 is 0. The first kappa shape index (κ1) is 33.7. The Hall–Kier alpha value is -4.75. The molecule has 252 valence electrons. The summed E-state index contributed by atoms with van der Waals surface area (Å²) in [7, 11) is 0. The molecule has 0 N–H and O–H groups in total. The minimum absolute atomic E-state index is 0.0855. The molecule has 1 nitrogen and oxygen atoms in total. The predicted molar refractivity (Wildman–Crippen MR) is 214 cm³/mol. The number of hydrogen-bond donors (Lipinski definition) is 0. The van der Waals surface area contributed by atoms with Crippen LogP contribution in [0.1, 0.15) is 100 Å². The number of pyridine rings is 1. The predicted octanol–water partition coefficient (Wildman–Crippen LogP) is 13.9. The second kappa shape index (κ2) is 15.9. The van der Waals surface area contributed by atoms with Crippen LogP contribution in [0, 0.1) is 0 Å². The standard InChI is InChI=1S/C49H51N/c1-3-5-7-14-30-49(31-15-8-6-4-2)46-25-13-12-24-44(46)45-28-26-42(35-47(45)49)48-29-27-43(36-50-48)41-23-17-22-40(34-41)39-21-16-20-38(33-39)32-37-18-10-9-11-19-37/h9-13,16-29,33-36H,3-8,14-15,30-32H2,1-2H3. The van der Waals surface area contributed by atoms with E-state index in [1.807, 2.05) is 0 Å². The zero-order valence-corrected chi connectivity index (χ0v) is 30.0. The van der Waals surface area contributed by atoms with Crippen LogP contribution in [0.2, 0.25) is 0 Å². The number of aromatic nitrogens is 1. The highest BCUT2D eigenvalue weighted by atomic mass is 14.7. The number of hydrogen-bond acceptors (Lipinski definition) is 1. The van der Waals surface area contributed by atoms with Crippen molar-refractivity contribution in [1.82, 2.24) is 4.98 Å². The lowest BCUT2D eigenvalue weighted by Crippen LogP contribution is -2.25. The minimum Gasteiger partial charge on any atom is -0.256 e. The molecule has 1 heterocycles. The molecule has 0 amide bonds. The van der Waals surface area contributed by atoms with Crippen LogP contribution >= 0.6 is 0 Å². The third kappa shape index (κ3) is 7.24. The van der Waals surface area contributed by atoms with E-state index < -0.39 is 0 Å². The van der Waals surface area contributed by atoms with E-state index in [9.17, 15) is 0 Å². The molecule has 0 bridgehead atoms. The van der Waals surface area contributed by atoms with Crippen LogP contribution in [-0.2, 0) is 11.8 Å². The molecule has 1 aromatic heterocycles. The van der Waals surface area contributed by atoms with Gasteiger partial charge < -0.3 is 0 Å². The van der Waals surface area contributed by atoms with Crippen LogP contribution in [0.5, 0.6) is 0 Å². The zero-order chi connectivity index (χ0) is 34.2. The Kier molecular flexibility index (Phi) is 10.7. The number of rotatable bonds is 15. The second-order valence-electron chi connectivity index (χ2n) is 14.4. The van der Waals surface area contributed by atoms with Gasteiger partial charge in [0.25, 0.3) is 0 Å². The van der Waals surface area contributed by atoms with Gasteiger partial charge in [0, 0.05) is 22.7 Å². The molecule has 0 saturated heterocycles. The van der Waals surface area contributed by atoms with Gasteiger partial charge in [0.15, 0.2) is 0 Å². The third-order valence-electron chi connectivity index (χ3n) is 10.9. The molecule has 1 aliphatic rings. The van der Waals surface area contributed by atoms with Gasteiger partial charge in [-0.25, -0.2) is 0 Å². The number of nitrogens with zero attached hydrogens (tertiary/aromatic N) is 1. The Labute approximate surface area is 300 Å². The van der Waals surface area contributed by atoms with Crippen molar-refractivity contribution in [3.8, 4) is 44.6 Å². The van der Waals surface area contributed by atoms with E-state index in [-0.39, 0.29) is 5.41 Å². The Morgan fingerprint density at radius 2 is 1.06 bits per heavy atom. The maximum absolute atomic E-state index is 5.08. The molecule has 7 rings (SSSR count). The summed E-state index contributed by atoms with van der Waals surface area (Å²) in [6.07, 6.45) is 15.8. The molecule has 1 aliphatic carbocycles. The summed E-state index contributed by atoms with van der Waals surface area (Å²) in [6, 6.07) is 49.4. The molecule has 0 fully saturated rings. The molecule has 5 aromatic carbocycles. The van der Waals surface area contributed by atoms with Gasteiger partial charge in [-0.15, -0.1) is 0 Å². The summed E-state index contributed by atoms with van der Waals surface area (Å²) in [5, 5.41) is 0. The molecule has 6 aromatic rings. The highest BCUT2D eigenvalue weighted by Crippen LogP contribution is 2.55. The summed E-state index contributed by atoms with van der Waals surface area (Å²) in [5.41, 5.74) is 15.8. The monoisotopic (exact) mass is 653 g/mol. The van der Waals surface area contributed by atoms with Gasteiger partial charge in [-0.2, -0.15) is 0 Å². The molecule has 0 atom stereocenters. The van der Waals surface area contributed by atoms with E-state index in [4.69, 9.17) is 4.98 Å². The van der Waals surface area contributed by atoms with E-state index in [0.717, 1.165) is 17.7 Å². The highest BCUT2D eigenvalue weighted by Gasteiger charge is 2.42. The van der Waals surface area contributed by atoms with E-state index in [0.29, 0.717) is 0 Å². The lowest BCUT2D eigenvalue weighted by molar-refractivity contribution is 0.401. The maximum Gasteiger partial charge on any atom is 0.0702 e. The van der Waals surface area contributed by atoms with Crippen molar-refractivity contribution >= 4 is 0 Å². The molecule has 0 aliphatic heterocycles. The first-order valence-electron chi connectivity index (χ1n) is 19.1. The van der Waals surface area contributed by atoms with E-state index in [2.05, 4.69) is 154 Å². The van der Waals surface area contributed by atoms with Gasteiger partial charge in [-0.3, -0.25) is 4.98 Å². The average Bonchev–Trinajstić information content (AvgIpc) is 3.44. The quantitative estimate of drug-likeness (QED) is 0.101. The van der Waals surface area contributed by atoms with E-state index in [1.165, 1.54) is 114 Å². The third-order valence-corrected chi connectivity index (χ3v) is 10.9. The van der Waals surface area contributed by atoms with Crippen LogP contribution in [0.3, 0.4) is 0 Å². The van der Waals surface area contributed by atoms with Crippen LogP contribution in [0.25, 0.3) is 44.6 Å². The SMILES string of the molecule is CCCCCCC1(CCCCCC)c2ccccc2-c2ccc(-c3ccc(-c4cccc(-c5cccc(Cc6ccccc6)c5)c4)cn3)cc21. The second-order valence-corrected chi connectivity index (χ2v) is 14.4. The van der Waals surface area contributed by atoms with Gasteiger partial charge in [-0.1, -0.05) is 180 Å². The Morgan fingerprint density at radius 3 is 1.78 bits per heavy atom. The maximum atomic E-state index is 5.08. The molecular formula is C49H51N. The van der Waals surface area contributed by atoms with Crippen molar-refractivity contribution in [3.63, 3.8) is 0 Å². The van der Waals surface area contributed by atoms with Gasteiger partial charge in [0.1, 0.15) is 0 Å². The summed E-state index contributed by atoms with van der Waals surface area (Å²) in [6.45, 7) is 4.63. The van der Waals surface area contributed by atoms with Crippen molar-refractivity contribution in [2.24, 2.45) is 0 Å². The highest BCUT2D eigenvalue weighted by molar-refractivity contribution is 5.84. The first-order chi connectivity index (χ1) is 24.7. The molecule has 1 heteroatoms. The van der Waals surface area contributed by atoms with Gasteiger partial charge in [0.2, 0.25) is 0 Å². The fourth-order valence-electron chi connectivity index (χ4n) is 8.29. The zero-order valence-electron chi connectivity index (χ0n) is 30.0. The van der Waals surface area contributed by atoms with Gasteiger partial charge >= 0.3 is 0 Å². The lowest BCUT2D eigenvalue weighted by Gasteiger charge is -2.33. The van der Waals surface area contributed by atoms with Crippen molar-refractivity contribution in [3.05, 3.63) is 162 Å². The smallest absolute Gasteiger partial charge is 0.0702 e. The summed E-state index contributed by atoms with van der Waals surface area (Å²) in [5.74, 6) is 0. The Balaban J connectivity index is 1.16. The molecule has 0 spiro atoms. The van der Waals surface area contributed by atoms with Crippen LogP contribution < -0.4 is 0 Å². The van der Waals surface area contributed by atoms with Crippen molar-refractivity contribution < 1.29 is 0 Å². The van der Waals surface area contributed by atoms with Gasteiger partial charge in [0.05, 0.1) is 5.69 Å². The normalized spacial score (nSPS) is 12.8.